The number of nitrogens with zero attached hydrogens (tertiary/aromatic N) is 1. The van der Waals surface area contributed by atoms with Crippen molar-refractivity contribution in [1.82, 2.24) is 10.4 Å². The van der Waals surface area contributed by atoms with Crippen LogP contribution in [0.5, 0.6) is 11.5 Å². The fourth-order valence-corrected chi connectivity index (χ4v) is 2.57. The Kier molecular flexibility index (Phi) is 6.65. The van der Waals surface area contributed by atoms with E-state index in [4.69, 9.17) is 14.7 Å². The Hall–Kier alpha value is -2.78. The number of halogens is 1. The molecule has 2 N–H and O–H groups in total. The van der Waals surface area contributed by atoms with Crippen molar-refractivity contribution in [3.8, 4) is 11.5 Å². The summed E-state index contributed by atoms with van der Waals surface area (Å²) in [5.41, 5.74) is 2.50. The first-order valence-corrected chi connectivity index (χ1v) is 7.92. The summed E-state index contributed by atoms with van der Waals surface area (Å²) < 4.78 is 23.9. The highest BCUT2D eigenvalue weighted by atomic mass is 32.1. The number of hydroxylamine groups is 1. The zero-order chi connectivity index (χ0) is 18.7. The standard InChI is InChI=1S/C18H17FN2O5.H2S/c1-11-10-25-16-8-12(17(22)20-24)2-3-13(16)9-21(11)18(23)26-15-6-4-14(19)5-7-15;/h2-8,11,24H,9-10H2,1H3,(H,20,22);1H2/t11-;/m0./s1. The number of benzene rings is 2. The number of carbonyl (C=O) groups excluding carboxylic acids is 2. The van der Waals surface area contributed by atoms with Crippen molar-refractivity contribution in [1.29, 1.82) is 0 Å². The van der Waals surface area contributed by atoms with E-state index < -0.39 is 17.8 Å². The number of hydrogen-bond donors (Lipinski definition) is 2. The lowest BCUT2D eigenvalue weighted by Gasteiger charge is -2.25. The highest BCUT2D eigenvalue weighted by Gasteiger charge is 2.27. The van der Waals surface area contributed by atoms with Crippen LogP contribution in [0, 0.1) is 5.82 Å². The molecule has 0 unspecified atom stereocenters. The number of fused-ring (bicyclic) bond motifs is 1. The average Bonchev–Trinajstić information content (AvgIpc) is 2.81. The molecule has 2 aromatic carbocycles. The fraction of sp³-hybridized carbons (Fsp3) is 0.222. The molecule has 0 saturated carbocycles. The summed E-state index contributed by atoms with van der Waals surface area (Å²) in [5.74, 6) is -0.377. The zero-order valence-electron chi connectivity index (χ0n) is 14.4. The van der Waals surface area contributed by atoms with Crippen LogP contribution in [-0.4, -0.2) is 34.8 Å². The van der Waals surface area contributed by atoms with E-state index in [9.17, 15) is 14.0 Å². The molecular weight excluding hydrogens is 375 g/mol. The maximum atomic E-state index is 13.0. The molecular formula is C18H19FN2O5S. The van der Waals surface area contributed by atoms with Gasteiger partial charge in [0.2, 0.25) is 0 Å². The zero-order valence-corrected chi connectivity index (χ0v) is 15.4. The van der Waals surface area contributed by atoms with Crippen molar-refractivity contribution in [2.45, 2.75) is 19.5 Å². The Bertz CT molecular complexity index is 831. The molecule has 0 spiro atoms. The predicted octanol–water partition coefficient (Wildman–Crippen LogP) is 2.84. The van der Waals surface area contributed by atoms with Crippen LogP contribution < -0.4 is 15.0 Å². The van der Waals surface area contributed by atoms with E-state index >= 15 is 0 Å². The van der Waals surface area contributed by atoms with Gasteiger partial charge in [-0.3, -0.25) is 14.9 Å². The Morgan fingerprint density at radius 1 is 1.26 bits per heavy atom. The third-order valence-corrected chi connectivity index (χ3v) is 4.04. The highest BCUT2D eigenvalue weighted by molar-refractivity contribution is 7.59. The maximum absolute atomic E-state index is 13.0. The van der Waals surface area contributed by atoms with Crippen molar-refractivity contribution in [2.24, 2.45) is 0 Å². The van der Waals surface area contributed by atoms with Crippen LogP contribution in [-0.2, 0) is 6.54 Å². The van der Waals surface area contributed by atoms with E-state index in [2.05, 4.69) is 0 Å². The molecule has 1 aliphatic heterocycles. The van der Waals surface area contributed by atoms with E-state index in [1.807, 2.05) is 0 Å². The summed E-state index contributed by atoms with van der Waals surface area (Å²) in [7, 11) is 0. The normalized spacial score (nSPS) is 15.5. The Balaban J connectivity index is 0.00000261. The summed E-state index contributed by atoms with van der Waals surface area (Å²) in [6.07, 6.45) is -0.585. The van der Waals surface area contributed by atoms with Gasteiger partial charge in [0.05, 0.1) is 12.6 Å². The smallest absolute Gasteiger partial charge is 0.415 e. The van der Waals surface area contributed by atoms with Crippen LogP contribution in [0.25, 0.3) is 0 Å². The molecule has 7 nitrogen and oxygen atoms in total. The third-order valence-electron chi connectivity index (χ3n) is 4.04. The largest absolute Gasteiger partial charge is 0.491 e. The minimum Gasteiger partial charge on any atom is -0.491 e. The van der Waals surface area contributed by atoms with Gasteiger partial charge in [0.1, 0.15) is 23.9 Å². The minimum absolute atomic E-state index is 0. The van der Waals surface area contributed by atoms with Gasteiger partial charge in [-0.1, -0.05) is 6.07 Å². The van der Waals surface area contributed by atoms with Gasteiger partial charge in [-0.25, -0.2) is 14.7 Å². The monoisotopic (exact) mass is 394 g/mol. The molecule has 0 aliphatic carbocycles. The molecule has 1 atom stereocenters. The molecule has 0 aromatic heterocycles. The van der Waals surface area contributed by atoms with E-state index in [0.717, 1.165) is 0 Å². The number of nitrogens with one attached hydrogen (secondary N) is 1. The lowest BCUT2D eigenvalue weighted by molar-refractivity contribution is 0.0706. The molecule has 144 valence electrons. The maximum Gasteiger partial charge on any atom is 0.415 e. The summed E-state index contributed by atoms with van der Waals surface area (Å²) in [6.45, 7) is 2.23. The number of rotatable bonds is 2. The predicted molar refractivity (Wildman–Crippen MR) is 99.0 cm³/mol. The van der Waals surface area contributed by atoms with E-state index in [1.165, 1.54) is 41.3 Å². The summed E-state index contributed by atoms with van der Waals surface area (Å²) in [4.78, 5) is 25.5. The van der Waals surface area contributed by atoms with Gasteiger partial charge < -0.3 is 9.47 Å². The van der Waals surface area contributed by atoms with Gasteiger partial charge in [0.15, 0.2) is 0 Å². The second-order valence-electron chi connectivity index (χ2n) is 5.87. The molecule has 27 heavy (non-hydrogen) atoms. The summed E-state index contributed by atoms with van der Waals surface area (Å²) in [5, 5.41) is 8.73. The van der Waals surface area contributed by atoms with Crippen LogP contribution in [0.1, 0.15) is 22.8 Å². The molecule has 0 saturated heterocycles. The Morgan fingerprint density at radius 2 is 1.96 bits per heavy atom. The van der Waals surface area contributed by atoms with Crippen molar-refractivity contribution in [3.63, 3.8) is 0 Å². The number of amides is 2. The van der Waals surface area contributed by atoms with Gasteiger partial charge >= 0.3 is 6.09 Å². The van der Waals surface area contributed by atoms with Crippen molar-refractivity contribution in [3.05, 3.63) is 59.4 Å². The van der Waals surface area contributed by atoms with Gasteiger partial charge in [-0.15, -0.1) is 0 Å². The summed E-state index contributed by atoms with van der Waals surface area (Å²) >= 11 is 0. The molecule has 1 heterocycles. The van der Waals surface area contributed by atoms with E-state index in [1.54, 1.807) is 18.5 Å². The third kappa shape index (κ3) is 4.69. The first kappa shape index (κ1) is 20.5. The molecule has 3 rings (SSSR count). The van der Waals surface area contributed by atoms with Gasteiger partial charge in [-0.05, 0) is 43.3 Å². The first-order valence-electron chi connectivity index (χ1n) is 7.92. The molecule has 0 fully saturated rings. The molecule has 2 amide bonds. The summed E-state index contributed by atoms with van der Waals surface area (Å²) in [6, 6.07) is 9.55. The molecule has 2 aromatic rings. The van der Waals surface area contributed by atoms with Crippen molar-refractivity contribution >= 4 is 25.5 Å². The number of carbonyl (C=O) groups is 2. The molecule has 0 bridgehead atoms. The Morgan fingerprint density at radius 3 is 2.63 bits per heavy atom. The van der Waals surface area contributed by atoms with Gasteiger partial charge in [0, 0.05) is 11.1 Å². The van der Waals surface area contributed by atoms with Crippen molar-refractivity contribution in [2.75, 3.05) is 6.61 Å². The fourth-order valence-electron chi connectivity index (χ4n) is 2.57. The van der Waals surface area contributed by atoms with Gasteiger partial charge in [-0.2, -0.15) is 13.5 Å². The van der Waals surface area contributed by atoms with Gasteiger partial charge in [0.25, 0.3) is 5.91 Å². The van der Waals surface area contributed by atoms with Crippen molar-refractivity contribution < 1.29 is 28.7 Å². The quantitative estimate of drug-likeness (QED) is 0.604. The van der Waals surface area contributed by atoms with Crippen LogP contribution in [0.3, 0.4) is 0 Å². The SMILES string of the molecule is C[C@H]1COc2cc(C(=O)NO)ccc2CN1C(=O)Oc1ccc(F)cc1.S. The molecule has 0 radical (unpaired) electrons. The molecule has 9 heteroatoms. The van der Waals surface area contributed by atoms with Crippen LogP contribution >= 0.6 is 13.5 Å². The van der Waals surface area contributed by atoms with Crippen LogP contribution in [0.15, 0.2) is 42.5 Å². The highest BCUT2D eigenvalue weighted by Crippen LogP contribution is 2.27. The first-order chi connectivity index (χ1) is 12.5. The number of ether oxygens (including phenoxy) is 2. The van der Waals surface area contributed by atoms with E-state index in [-0.39, 0.29) is 44.0 Å². The minimum atomic E-state index is -0.652. The Labute approximate surface area is 162 Å². The number of hydrogen-bond acceptors (Lipinski definition) is 5. The second-order valence-corrected chi connectivity index (χ2v) is 5.87. The average molecular weight is 394 g/mol. The lowest BCUT2D eigenvalue weighted by atomic mass is 10.1. The van der Waals surface area contributed by atoms with E-state index in [0.29, 0.717) is 11.3 Å². The lowest BCUT2D eigenvalue weighted by Crippen LogP contribution is -2.41. The van der Waals surface area contributed by atoms with Crippen LogP contribution in [0.2, 0.25) is 0 Å². The topological polar surface area (TPSA) is 88.1 Å². The van der Waals surface area contributed by atoms with Crippen LogP contribution in [0.4, 0.5) is 9.18 Å². The second kappa shape index (κ2) is 8.74. The molecule has 1 aliphatic rings.